The molecule has 8 rings (SSSR count). The Morgan fingerprint density at radius 1 is 0.471 bits per heavy atom. The zero-order valence-electron chi connectivity index (χ0n) is 29.6. The summed E-state index contributed by atoms with van der Waals surface area (Å²) in [5.41, 5.74) is 6.43. The van der Waals surface area contributed by atoms with E-state index in [1.165, 1.54) is 22.3 Å². The molecule has 4 bridgehead atoms. The molecule has 6 nitrogen and oxygen atoms in total. The number of carbonyl (C=O) groups excluding carboxylic acids is 3. The zero-order chi connectivity index (χ0) is 35.9. The molecule has 0 N–H and O–H groups in total. The molecule has 4 aromatic rings. The monoisotopic (exact) mass is 680 g/mol. The second-order valence-corrected chi connectivity index (χ2v) is 14.8. The molecule has 0 aliphatic heterocycles. The van der Waals surface area contributed by atoms with Gasteiger partial charge < -0.3 is 14.2 Å². The number of esters is 3. The Morgan fingerprint density at radius 2 is 0.706 bits per heavy atom. The summed E-state index contributed by atoms with van der Waals surface area (Å²) >= 11 is 0. The van der Waals surface area contributed by atoms with Gasteiger partial charge in [0.15, 0.2) is 0 Å². The first-order valence-electron chi connectivity index (χ1n) is 18.0. The molecule has 4 fully saturated rings. The Bertz CT molecular complexity index is 1790. The molecule has 4 aliphatic rings. The van der Waals surface area contributed by atoms with Crippen LogP contribution in [0.2, 0.25) is 0 Å². The topological polar surface area (TPSA) is 78.9 Å². The number of rotatable bonds is 10. The number of terminal acetylenes is 1. The highest BCUT2D eigenvalue weighted by Gasteiger charge is 2.69. The minimum atomic E-state index is -0.323. The third-order valence-electron chi connectivity index (χ3n) is 11.7. The first kappa shape index (κ1) is 34.3. The first-order chi connectivity index (χ1) is 24.6. The fraction of sp³-hybridized carbons (Fsp3) is 0.356. The average molecular weight is 681 g/mol. The quantitative estimate of drug-likeness (QED) is 0.0948. The van der Waals surface area contributed by atoms with Crippen LogP contribution in [0.5, 0.6) is 0 Å². The molecule has 51 heavy (non-hydrogen) atoms. The van der Waals surface area contributed by atoms with Gasteiger partial charge in [0.1, 0.15) is 0 Å². The molecule has 0 aromatic heterocycles. The highest BCUT2D eigenvalue weighted by atomic mass is 16.5. The van der Waals surface area contributed by atoms with Gasteiger partial charge in [0.25, 0.3) is 0 Å². The van der Waals surface area contributed by atoms with Crippen LogP contribution >= 0.6 is 0 Å². The molecule has 0 radical (unpaired) electrons. The van der Waals surface area contributed by atoms with Crippen molar-refractivity contribution in [2.45, 2.75) is 81.0 Å². The van der Waals surface area contributed by atoms with Crippen LogP contribution in [0.15, 0.2) is 97.1 Å². The maximum Gasteiger partial charge on any atom is 0.338 e. The Labute approximate surface area is 300 Å². The second-order valence-electron chi connectivity index (χ2n) is 14.8. The van der Waals surface area contributed by atoms with Gasteiger partial charge in [-0.05, 0) is 152 Å². The van der Waals surface area contributed by atoms with Gasteiger partial charge in [0.2, 0.25) is 0 Å². The van der Waals surface area contributed by atoms with Crippen molar-refractivity contribution >= 4 is 17.9 Å². The van der Waals surface area contributed by atoms with Crippen LogP contribution in [0.4, 0.5) is 0 Å². The first-order valence-corrected chi connectivity index (χ1v) is 18.0. The van der Waals surface area contributed by atoms with Gasteiger partial charge in [0.05, 0.1) is 36.5 Å². The maximum atomic E-state index is 12.7. The standard InChI is InChI=1S/C45H44O6/c1-5-31-9-17-35(18-10-31)42-25-43(36-19-11-32(12-20-36)39(46)49-6-2)28-44(26-42,37-21-13-33(14-22-37)40(47)50-7-3)30-45(27-42,29-43)38-23-15-34(16-24-38)41(48)51-8-4/h1,9-24H,6-8,25-30H2,2-4H3. The molecular formula is C45H44O6. The van der Waals surface area contributed by atoms with Crippen LogP contribution in [-0.2, 0) is 35.9 Å². The van der Waals surface area contributed by atoms with Gasteiger partial charge in [0, 0.05) is 5.56 Å². The molecule has 0 unspecified atom stereocenters. The molecule has 0 amide bonds. The molecule has 0 heterocycles. The number of ether oxygens (including phenoxy) is 3. The van der Waals surface area contributed by atoms with E-state index >= 15 is 0 Å². The molecular weight excluding hydrogens is 636 g/mol. The summed E-state index contributed by atoms with van der Waals surface area (Å²) in [6, 6.07) is 32.7. The predicted octanol–water partition coefficient (Wildman–Crippen LogP) is 8.63. The summed E-state index contributed by atoms with van der Waals surface area (Å²) in [5, 5.41) is 0. The predicted molar refractivity (Wildman–Crippen MR) is 196 cm³/mol. The van der Waals surface area contributed by atoms with Crippen molar-refractivity contribution in [2.24, 2.45) is 0 Å². The smallest absolute Gasteiger partial charge is 0.338 e. The van der Waals surface area contributed by atoms with E-state index in [0.717, 1.165) is 44.1 Å². The lowest BCUT2D eigenvalue weighted by molar-refractivity contribution is -0.0692. The lowest BCUT2D eigenvalue weighted by atomic mass is 9.32. The van der Waals surface area contributed by atoms with Gasteiger partial charge in [-0.1, -0.05) is 54.5 Å². The van der Waals surface area contributed by atoms with Crippen LogP contribution in [0.1, 0.15) is 118 Å². The average Bonchev–Trinajstić information content (AvgIpc) is 3.15. The van der Waals surface area contributed by atoms with E-state index in [2.05, 4.69) is 66.6 Å². The third-order valence-corrected chi connectivity index (χ3v) is 11.7. The van der Waals surface area contributed by atoms with E-state index in [0.29, 0.717) is 36.5 Å². The summed E-state index contributed by atoms with van der Waals surface area (Å²) in [7, 11) is 0. The van der Waals surface area contributed by atoms with Crippen molar-refractivity contribution in [1.29, 1.82) is 0 Å². The van der Waals surface area contributed by atoms with Crippen LogP contribution < -0.4 is 0 Å². The van der Waals surface area contributed by atoms with E-state index in [1.807, 2.05) is 57.2 Å². The summed E-state index contributed by atoms with van der Waals surface area (Å²) in [6.45, 7) is 6.40. The number of hydrogen-bond donors (Lipinski definition) is 0. The molecule has 4 aliphatic carbocycles. The molecule has 4 aromatic carbocycles. The number of carbonyl (C=O) groups is 3. The van der Waals surface area contributed by atoms with Gasteiger partial charge >= 0.3 is 17.9 Å². The molecule has 0 atom stereocenters. The van der Waals surface area contributed by atoms with E-state index < -0.39 is 0 Å². The van der Waals surface area contributed by atoms with Crippen molar-refractivity contribution in [3.05, 3.63) is 142 Å². The number of hydrogen-bond acceptors (Lipinski definition) is 6. The SMILES string of the molecule is C#Cc1ccc(C23CC4(c5ccc(C(=O)OCC)cc5)CC(c5ccc(C(=O)OCC)cc5)(C2)CC(c2ccc(C(=O)OCC)cc2)(C3)C4)cc1. The van der Waals surface area contributed by atoms with Crippen molar-refractivity contribution < 1.29 is 28.6 Å². The van der Waals surface area contributed by atoms with E-state index in [1.54, 1.807) is 0 Å². The van der Waals surface area contributed by atoms with Gasteiger partial charge in [-0.3, -0.25) is 0 Å². The third kappa shape index (κ3) is 5.93. The Hall–Kier alpha value is -5.15. The van der Waals surface area contributed by atoms with E-state index in [9.17, 15) is 14.4 Å². The lowest BCUT2D eigenvalue weighted by Gasteiger charge is -2.71. The number of benzene rings is 4. The minimum absolute atomic E-state index is 0.207. The normalized spacial score (nSPS) is 25.8. The summed E-state index contributed by atoms with van der Waals surface area (Å²) in [4.78, 5) is 38.1. The van der Waals surface area contributed by atoms with Crippen molar-refractivity contribution in [2.75, 3.05) is 19.8 Å². The summed E-state index contributed by atoms with van der Waals surface area (Å²) in [5.74, 6) is 1.82. The molecule has 6 heteroatoms. The van der Waals surface area contributed by atoms with E-state index in [-0.39, 0.29) is 39.6 Å². The highest BCUT2D eigenvalue weighted by molar-refractivity contribution is 5.90. The van der Waals surface area contributed by atoms with Crippen LogP contribution in [0.3, 0.4) is 0 Å². The Kier molecular flexibility index (Phi) is 8.87. The van der Waals surface area contributed by atoms with Crippen LogP contribution in [0, 0.1) is 12.3 Å². The van der Waals surface area contributed by atoms with Crippen molar-refractivity contribution in [3.8, 4) is 12.3 Å². The van der Waals surface area contributed by atoms with Crippen molar-refractivity contribution in [3.63, 3.8) is 0 Å². The largest absolute Gasteiger partial charge is 0.462 e. The van der Waals surface area contributed by atoms with Crippen molar-refractivity contribution in [1.82, 2.24) is 0 Å². The molecule has 4 saturated carbocycles. The minimum Gasteiger partial charge on any atom is -0.462 e. The molecule has 0 saturated heterocycles. The van der Waals surface area contributed by atoms with Crippen LogP contribution in [0.25, 0.3) is 0 Å². The maximum absolute atomic E-state index is 12.7. The molecule has 0 spiro atoms. The Balaban J connectivity index is 1.43. The Morgan fingerprint density at radius 3 is 0.922 bits per heavy atom. The summed E-state index contributed by atoms with van der Waals surface area (Å²) < 4.78 is 16.0. The lowest BCUT2D eigenvalue weighted by Crippen LogP contribution is -2.67. The zero-order valence-corrected chi connectivity index (χ0v) is 29.6. The van der Waals surface area contributed by atoms with Gasteiger partial charge in [-0.25, -0.2) is 14.4 Å². The molecule has 260 valence electrons. The fourth-order valence-corrected chi connectivity index (χ4v) is 10.3. The second kappa shape index (κ2) is 13.2. The summed E-state index contributed by atoms with van der Waals surface area (Å²) in [6.07, 6.45) is 11.4. The van der Waals surface area contributed by atoms with E-state index in [4.69, 9.17) is 20.6 Å². The highest BCUT2D eigenvalue weighted by Crippen LogP contribution is 2.74. The van der Waals surface area contributed by atoms with Gasteiger partial charge in [-0.15, -0.1) is 6.42 Å². The van der Waals surface area contributed by atoms with Crippen LogP contribution in [-0.4, -0.2) is 37.7 Å². The van der Waals surface area contributed by atoms with Gasteiger partial charge in [-0.2, -0.15) is 0 Å². The fourth-order valence-electron chi connectivity index (χ4n) is 10.3.